The lowest BCUT2D eigenvalue weighted by atomic mass is 9.80. The van der Waals surface area contributed by atoms with E-state index in [1.807, 2.05) is 19.1 Å². The molecule has 1 atom stereocenters. The van der Waals surface area contributed by atoms with Gasteiger partial charge in [0, 0.05) is 12.4 Å². The fourth-order valence-corrected chi connectivity index (χ4v) is 1.77. The highest BCUT2D eigenvalue weighted by atomic mass is 16.4. The van der Waals surface area contributed by atoms with E-state index in [4.69, 9.17) is 0 Å². The summed E-state index contributed by atoms with van der Waals surface area (Å²) < 4.78 is 0. The summed E-state index contributed by atoms with van der Waals surface area (Å²) in [5.41, 5.74) is 0.374. The fourth-order valence-electron chi connectivity index (χ4n) is 1.77. The molecule has 0 saturated heterocycles. The van der Waals surface area contributed by atoms with Crippen LogP contribution in [0.15, 0.2) is 24.5 Å². The summed E-state index contributed by atoms with van der Waals surface area (Å²) >= 11 is 0. The van der Waals surface area contributed by atoms with Crippen molar-refractivity contribution in [3.05, 3.63) is 30.1 Å². The summed E-state index contributed by atoms with van der Waals surface area (Å²) in [6, 6.07) is 3.74. The quantitative estimate of drug-likeness (QED) is 0.807. The number of aromatic nitrogens is 1. The van der Waals surface area contributed by atoms with Gasteiger partial charge in [-0.3, -0.25) is 9.78 Å². The van der Waals surface area contributed by atoms with Gasteiger partial charge in [-0.15, -0.1) is 0 Å². The van der Waals surface area contributed by atoms with Crippen molar-refractivity contribution >= 4 is 5.97 Å². The third kappa shape index (κ3) is 3.05. The van der Waals surface area contributed by atoms with E-state index in [-0.39, 0.29) is 0 Å². The highest BCUT2D eigenvalue weighted by molar-refractivity contribution is 5.74. The molecule has 3 nitrogen and oxygen atoms in total. The molecule has 1 aromatic heterocycles. The van der Waals surface area contributed by atoms with Crippen molar-refractivity contribution in [2.24, 2.45) is 5.41 Å². The fraction of sp³-hybridized carbons (Fsp3) is 0.500. The van der Waals surface area contributed by atoms with Gasteiger partial charge in [0.1, 0.15) is 0 Å². The molecular formula is C12H17NO2. The van der Waals surface area contributed by atoms with E-state index in [0.29, 0.717) is 12.8 Å². The zero-order valence-electron chi connectivity index (χ0n) is 9.23. The van der Waals surface area contributed by atoms with Crippen molar-refractivity contribution < 1.29 is 9.90 Å². The smallest absolute Gasteiger partial charge is 0.309 e. The van der Waals surface area contributed by atoms with E-state index in [0.717, 1.165) is 12.0 Å². The van der Waals surface area contributed by atoms with Gasteiger partial charge in [0.05, 0.1) is 5.41 Å². The van der Waals surface area contributed by atoms with Gasteiger partial charge in [-0.2, -0.15) is 0 Å². The number of pyridine rings is 1. The molecule has 0 aromatic carbocycles. The molecule has 3 heteroatoms. The minimum Gasteiger partial charge on any atom is -0.481 e. The Morgan fingerprint density at radius 1 is 1.47 bits per heavy atom. The molecule has 0 saturated carbocycles. The summed E-state index contributed by atoms with van der Waals surface area (Å²) in [5, 5.41) is 9.21. The maximum atomic E-state index is 11.2. The molecule has 1 heterocycles. The van der Waals surface area contributed by atoms with Crippen LogP contribution in [0.3, 0.4) is 0 Å². The Hall–Kier alpha value is -1.38. The molecule has 1 aromatic rings. The van der Waals surface area contributed by atoms with Crippen LogP contribution in [0.5, 0.6) is 0 Å². The second-order valence-electron chi connectivity index (χ2n) is 4.15. The van der Waals surface area contributed by atoms with Gasteiger partial charge in [-0.25, -0.2) is 0 Å². The van der Waals surface area contributed by atoms with Gasteiger partial charge in [0.15, 0.2) is 0 Å². The Kier molecular flexibility index (Phi) is 3.83. The molecule has 0 radical (unpaired) electrons. The second-order valence-corrected chi connectivity index (χ2v) is 4.15. The van der Waals surface area contributed by atoms with E-state index < -0.39 is 11.4 Å². The van der Waals surface area contributed by atoms with Crippen LogP contribution < -0.4 is 0 Å². The third-order valence-electron chi connectivity index (χ3n) is 2.66. The van der Waals surface area contributed by atoms with Crippen LogP contribution in [0.25, 0.3) is 0 Å². The largest absolute Gasteiger partial charge is 0.481 e. The second kappa shape index (κ2) is 4.91. The van der Waals surface area contributed by atoms with E-state index in [2.05, 4.69) is 4.98 Å². The normalized spacial score (nSPS) is 14.5. The molecule has 0 fully saturated rings. The van der Waals surface area contributed by atoms with Crippen LogP contribution in [-0.4, -0.2) is 16.1 Å². The number of carbonyl (C=O) groups is 1. The molecule has 0 aliphatic carbocycles. The van der Waals surface area contributed by atoms with Gasteiger partial charge in [0.2, 0.25) is 0 Å². The predicted octanol–water partition coefficient (Wildman–Crippen LogP) is 2.52. The van der Waals surface area contributed by atoms with Crippen molar-refractivity contribution in [3.8, 4) is 0 Å². The first-order valence-corrected chi connectivity index (χ1v) is 5.21. The molecule has 0 bridgehead atoms. The van der Waals surface area contributed by atoms with Gasteiger partial charge in [0.25, 0.3) is 0 Å². The van der Waals surface area contributed by atoms with Crippen molar-refractivity contribution in [1.29, 1.82) is 0 Å². The first-order chi connectivity index (χ1) is 7.08. The topological polar surface area (TPSA) is 50.2 Å². The molecule has 0 aliphatic heterocycles. The van der Waals surface area contributed by atoms with Crippen LogP contribution in [-0.2, 0) is 11.2 Å². The molecule has 1 N–H and O–H groups in total. The highest BCUT2D eigenvalue weighted by Crippen LogP contribution is 2.28. The molecule has 15 heavy (non-hydrogen) atoms. The third-order valence-corrected chi connectivity index (χ3v) is 2.66. The highest BCUT2D eigenvalue weighted by Gasteiger charge is 2.32. The van der Waals surface area contributed by atoms with E-state index in [9.17, 15) is 9.90 Å². The van der Waals surface area contributed by atoms with Gasteiger partial charge < -0.3 is 5.11 Å². The van der Waals surface area contributed by atoms with Crippen molar-refractivity contribution in [3.63, 3.8) is 0 Å². The average molecular weight is 207 g/mol. The summed E-state index contributed by atoms with van der Waals surface area (Å²) in [6.07, 6.45) is 5.55. The Bertz CT molecular complexity index is 324. The molecular weight excluding hydrogens is 190 g/mol. The Balaban J connectivity index is 2.80. The van der Waals surface area contributed by atoms with Gasteiger partial charge in [-0.05, 0) is 37.5 Å². The van der Waals surface area contributed by atoms with Crippen molar-refractivity contribution in [2.75, 3.05) is 0 Å². The Morgan fingerprint density at radius 3 is 2.53 bits per heavy atom. The maximum absolute atomic E-state index is 11.2. The molecule has 1 unspecified atom stereocenters. The Morgan fingerprint density at radius 2 is 2.07 bits per heavy atom. The maximum Gasteiger partial charge on any atom is 0.309 e. The molecule has 82 valence electrons. The number of hydrogen-bond donors (Lipinski definition) is 1. The zero-order valence-corrected chi connectivity index (χ0v) is 9.23. The number of nitrogens with zero attached hydrogens (tertiary/aromatic N) is 1. The summed E-state index contributed by atoms with van der Waals surface area (Å²) in [7, 11) is 0. The van der Waals surface area contributed by atoms with E-state index >= 15 is 0 Å². The number of hydrogen-bond acceptors (Lipinski definition) is 2. The summed E-state index contributed by atoms with van der Waals surface area (Å²) in [4.78, 5) is 15.1. The lowest BCUT2D eigenvalue weighted by molar-refractivity contribution is -0.148. The van der Waals surface area contributed by atoms with Crippen LogP contribution in [0.2, 0.25) is 0 Å². The summed E-state index contributed by atoms with van der Waals surface area (Å²) in [6.45, 7) is 3.81. The van der Waals surface area contributed by atoms with Crippen LogP contribution in [0.1, 0.15) is 32.3 Å². The zero-order chi connectivity index (χ0) is 11.3. The molecule has 0 amide bonds. The number of carboxylic acid groups (broad SMARTS) is 1. The molecule has 0 spiro atoms. The Labute approximate surface area is 90.2 Å². The van der Waals surface area contributed by atoms with Gasteiger partial charge in [-0.1, -0.05) is 13.3 Å². The molecule has 0 aliphatic rings. The number of rotatable bonds is 5. The van der Waals surface area contributed by atoms with Gasteiger partial charge >= 0.3 is 5.97 Å². The first-order valence-electron chi connectivity index (χ1n) is 5.21. The van der Waals surface area contributed by atoms with Crippen LogP contribution in [0, 0.1) is 5.41 Å². The number of carboxylic acids is 1. The lowest BCUT2D eigenvalue weighted by Gasteiger charge is -2.24. The average Bonchev–Trinajstić information content (AvgIpc) is 2.19. The lowest BCUT2D eigenvalue weighted by Crippen LogP contribution is -2.29. The van der Waals surface area contributed by atoms with E-state index in [1.54, 1.807) is 19.3 Å². The number of aliphatic carboxylic acids is 1. The molecule has 1 rings (SSSR count). The van der Waals surface area contributed by atoms with Crippen molar-refractivity contribution in [1.82, 2.24) is 4.98 Å². The first kappa shape index (κ1) is 11.7. The predicted molar refractivity (Wildman–Crippen MR) is 58.6 cm³/mol. The standard InChI is InChI=1S/C12H17NO2/c1-3-6-12(2,11(14)15)9-10-4-7-13-8-5-10/h4-5,7-8H,3,6,9H2,1-2H3,(H,14,15). The van der Waals surface area contributed by atoms with Crippen LogP contribution in [0.4, 0.5) is 0 Å². The summed E-state index contributed by atoms with van der Waals surface area (Å²) in [5.74, 6) is -0.721. The monoisotopic (exact) mass is 207 g/mol. The van der Waals surface area contributed by atoms with Crippen LogP contribution >= 0.6 is 0 Å². The SMILES string of the molecule is CCCC(C)(Cc1ccncc1)C(=O)O. The minimum atomic E-state index is -0.721. The minimum absolute atomic E-state index is 0.568. The van der Waals surface area contributed by atoms with E-state index in [1.165, 1.54) is 0 Å². The van der Waals surface area contributed by atoms with Crippen molar-refractivity contribution in [2.45, 2.75) is 33.1 Å².